The molecular formula is C11H28B3N3. The molecule has 17 heavy (non-hydrogen) atoms. The van der Waals surface area contributed by atoms with Gasteiger partial charge in [-0.05, 0) is 18.1 Å². The number of hydrogen-bond donors (Lipinski definition) is 0. The third-order valence-electron chi connectivity index (χ3n) is 4.07. The van der Waals surface area contributed by atoms with E-state index >= 15 is 0 Å². The normalized spacial score (nSPS) is 20.9. The predicted octanol–water partition coefficient (Wildman–Crippen LogP) is 1.63. The van der Waals surface area contributed by atoms with Crippen LogP contribution >= 0.6 is 0 Å². The average molecular weight is 235 g/mol. The van der Waals surface area contributed by atoms with Crippen molar-refractivity contribution in [2.24, 2.45) is 0 Å². The van der Waals surface area contributed by atoms with E-state index in [0.717, 1.165) is 7.55 Å². The maximum Gasteiger partial charge on any atom is 0.287 e. The average Bonchev–Trinajstić information content (AvgIpc) is 2.15. The van der Waals surface area contributed by atoms with Gasteiger partial charge in [0.25, 0.3) is 21.5 Å². The van der Waals surface area contributed by atoms with Crippen molar-refractivity contribution in [2.45, 2.75) is 73.3 Å². The van der Waals surface area contributed by atoms with Crippen molar-refractivity contribution < 1.29 is 0 Å². The van der Waals surface area contributed by atoms with E-state index in [-0.39, 0.29) is 0 Å². The first-order valence-electron chi connectivity index (χ1n) is 7.06. The lowest BCUT2D eigenvalue weighted by Gasteiger charge is -2.53. The van der Waals surface area contributed by atoms with E-state index in [9.17, 15) is 0 Å². The van der Waals surface area contributed by atoms with Crippen molar-refractivity contribution in [3.05, 3.63) is 0 Å². The third kappa shape index (κ3) is 3.10. The monoisotopic (exact) mass is 235 g/mol. The summed E-state index contributed by atoms with van der Waals surface area (Å²) >= 11 is 0. The summed E-state index contributed by atoms with van der Waals surface area (Å²) in [5.41, 5.74) is 0. The van der Waals surface area contributed by atoms with Gasteiger partial charge >= 0.3 is 0 Å². The Kier molecular flexibility index (Phi) is 5.17. The fourth-order valence-corrected chi connectivity index (χ4v) is 3.13. The lowest BCUT2D eigenvalue weighted by atomic mass is 9.49. The van der Waals surface area contributed by atoms with Crippen LogP contribution in [0.3, 0.4) is 0 Å². The van der Waals surface area contributed by atoms with Gasteiger partial charge in [-0.15, -0.1) is 0 Å². The van der Waals surface area contributed by atoms with Crippen LogP contribution in [-0.2, 0) is 0 Å². The standard InChI is InChI=1S/C11H28B3N3/c1-9(2)15-12-16(10(3)4)14(8)17(11(5)6)13(15)7/h9-12H,1-8H3. The zero-order valence-corrected chi connectivity index (χ0v) is 12.9. The molecule has 0 saturated carbocycles. The molecule has 0 aliphatic carbocycles. The smallest absolute Gasteiger partial charge is 0.287 e. The lowest BCUT2D eigenvalue weighted by Crippen LogP contribution is -2.74. The van der Waals surface area contributed by atoms with E-state index < -0.39 is 0 Å². The third-order valence-corrected chi connectivity index (χ3v) is 4.07. The minimum atomic E-state index is 0.528. The summed E-state index contributed by atoms with van der Waals surface area (Å²) in [5, 5.41) is 0. The molecule has 0 aromatic carbocycles. The highest BCUT2D eigenvalue weighted by atomic mass is 15.3. The molecule has 96 valence electrons. The minimum Gasteiger partial charge on any atom is -0.358 e. The number of rotatable bonds is 3. The molecule has 0 radical (unpaired) electrons. The van der Waals surface area contributed by atoms with Crippen LogP contribution in [0.1, 0.15) is 41.5 Å². The van der Waals surface area contributed by atoms with Crippen LogP contribution in [0.25, 0.3) is 0 Å². The summed E-state index contributed by atoms with van der Waals surface area (Å²) in [4.78, 5) is 0. The van der Waals surface area contributed by atoms with Crippen LogP contribution in [0.15, 0.2) is 0 Å². The van der Waals surface area contributed by atoms with Gasteiger partial charge in [-0.2, -0.15) is 0 Å². The fourth-order valence-electron chi connectivity index (χ4n) is 3.13. The van der Waals surface area contributed by atoms with Gasteiger partial charge in [0.15, 0.2) is 0 Å². The van der Waals surface area contributed by atoms with E-state index in [0.29, 0.717) is 32.1 Å². The first-order chi connectivity index (χ1) is 7.77. The Bertz CT molecular complexity index is 228. The van der Waals surface area contributed by atoms with Crippen molar-refractivity contribution in [2.75, 3.05) is 0 Å². The molecule has 1 aliphatic rings. The van der Waals surface area contributed by atoms with Gasteiger partial charge < -0.3 is 14.2 Å². The summed E-state index contributed by atoms with van der Waals surface area (Å²) in [5.74, 6) is 0. The molecule has 0 bridgehead atoms. The molecule has 1 fully saturated rings. The molecule has 0 amide bonds. The highest BCUT2D eigenvalue weighted by molar-refractivity contribution is 6.80. The largest absolute Gasteiger partial charge is 0.358 e. The van der Waals surface area contributed by atoms with Gasteiger partial charge in [0.1, 0.15) is 0 Å². The van der Waals surface area contributed by atoms with Gasteiger partial charge in [0, 0.05) is 0 Å². The molecule has 0 aromatic rings. The second-order valence-corrected chi connectivity index (χ2v) is 6.16. The Hall–Kier alpha value is 0.0748. The molecule has 0 aromatic heterocycles. The van der Waals surface area contributed by atoms with E-state index in [4.69, 9.17) is 0 Å². The van der Waals surface area contributed by atoms with Crippen molar-refractivity contribution in [3.63, 3.8) is 0 Å². The van der Waals surface area contributed by atoms with Crippen LogP contribution in [0.2, 0.25) is 13.6 Å². The summed E-state index contributed by atoms with van der Waals surface area (Å²) < 4.78 is 7.78. The van der Waals surface area contributed by atoms with Gasteiger partial charge in [-0.1, -0.05) is 55.2 Å². The van der Waals surface area contributed by atoms with Gasteiger partial charge in [-0.3, -0.25) is 0 Å². The van der Waals surface area contributed by atoms with Crippen LogP contribution in [0, 0.1) is 0 Å². The quantitative estimate of drug-likeness (QED) is 0.688. The molecule has 0 atom stereocenters. The fraction of sp³-hybridized carbons (Fsp3) is 1.00. The summed E-state index contributed by atoms with van der Waals surface area (Å²) in [6, 6.07) is 1.78. The van der Waals surface area contributed by atoms with Gasteiger partial charge in [0.2, 0.25) is 0 Å². The van der Waals surface area contributed by atoms with Crippen molar-refractivity contribution >= 4 is 21.5 Å². The molecule has 6 heteroatoms. The predicted molar refractivity (Wildman–Crippen MR) is 81.3 cm³/mol. The zero-order chi connectivity index (χ0) is 13.3. The maximum atomic E-state index is 2.61. The molecule has 1 rings (SSSR count). The zero-order valence-electron chi connectivity index (χ0n) is 12.9. The van der Waals surface area contributed by atoms with Crippen LogP contribution in [-0.4, -0.2) is 53.8 Å². The van der Waals surface area contributed by atoms with Gasteiger partial charge in [0.05, 0.1) is 0 Å². The molecule has 0 spiro atoms. The second-order valence-electron chi connectivity index (χ2n) is 6.16. The summed E-state index contributed by atoms with van der Waals surface area (Å²) in [6.45, 7) is 19.5. The SMILES string of the molecule is CB1N(C(C)C)BN(C(C)C)B(C)N1C(C)C. The Balaban J connectivity index is 2.95. The highest BCUT2D eigenvalue weighted by Crippen LogP contribution is 2.21. The van der Waals surface area contributed by atoms with E-state index in [1.165, 1.54) is 0 Å². The Morgan fingerprint density at radius 3 is 1.29 bits per heavy atom. The van der Waals surface area contributed by atoms with E-state index in [1.807, 2.05) is 0 Å². The molecule has 1 saturated heterocycles. The van der Waals surface area contributed by atoms with Crippen molar-refractivity contribution in [1.82, 2.24) is 14.2 Å². The minimum absolute atomic E-state index is 0.528. The Labute approximate surface area is 109 Å². The topological polar surface area (TPSA) is 9.72 Å². The second kappa shape index (κ2) is 5.81. The Morgan fingerprint density at radius 1 is 0.706 bits per heavy atom. The molecule has 3 nitrogen and oxygen atoms in total. The van der Waals surface area contributed by atoms with Gasteiger partial charge in [-0.25, -0.2) is 0 Å². The van der Waals surface area contributed by atoms with E-state index in [1.54, 1.807) is 0 Å². The van der Waals surface area contributed by atoms with Crippen LogP contribution < -0.4 is 0 Å². The van der Waals surface area contributed by atoms with Crippen LogP contribution in [0.4, 0.5) is 0 Å². The first kappa shape index (κ1) is 15.1. The Morgan fingerprint density at radius 2 is 1.06 bits per heavy atom. The van der Waals surface area contributed by atoms with Crippen molar-refractivity contribution in [3.8, 4) is 0 Å². The van der Waals surface area contributed by atoms with Crippen molar-refractivity contribution in [1.29, 1.82) is 0 Å². The summed E-state index contributed by atoms with van der Waals surface area (Å²) in [7, 11) is 1.08. The molecule has 1 aliphatic heterocycles. The summed E-state index contributed by atoms with van der Waals surface area (Å²) in [6.07, 6.45) is 0. The molecule has 1 heterocycles. The lowest BCUT2D eigenvalue weighted by molar-refractivity contribution is 0.361. The molecular weight excluding hydrogens is 207 g/mol. The highest BCUT2D eigenvalue weighted by Gasteiger charge is 2.43. The molecule has 0 N–H and O–H groups in total. The van der Waals surface area contributed by atoms with Crippen LogP contribution in [0.5, 0.6) is 0 Å². The maximum absolute atomic E-state index is 2.61. The number of hydrogen-bond acceptors (Lipinski definition) is 3. The number of nitrogens with zero attached hydrogens (tertiary/aromatic N) is 3. The first-order valence-corrected chi connectivity index (χ1v) is 7.06. The molecule has 0 unspecified atom stereocenters. The van der Waals surface area contributed by atoms with E-state index in [2.05, 4.69) is 69.4 Å².